The molecule has 37 heavy (non-hydrogen) atoms. The molecule has 0 spiro atoms. The number of hydrogen-bond acceptors (Lipinski definition) is 4. The standard InChI is InChI=1S/C31H28N2O4/c1-19(2)28(31(36)37-3)33-18-25-11-9-23(17-27(25)30(33)35)21-12-14-26(15-13-21)32-29(34)24-10-8-20-6-4-5-7-22(20)16-24/h4-17,19,28H,18H2,1-3H3,(H,32,34). The van der Waals surface area contributed by atoms with Gasteiger partial charge in [0, 0.05) is 23.4 Å². The first-order valence-corrected chi connectivity index (χ1v) is 12.3. The summed E-state index contributed by atoms with van der Waals surface area (Å²) in [6.45, 7) is 4.19. The molecule has 0 bridgehead atoms. The zero-order valence-corrected chi connectivity index (χ0v) is 21.0. The zero-order valence-electron chi connectivity index (χ0n) is 21.0. The van der Waals surface area contributed by atoms with E-state index in [1.54, 1.807) is 4.90 Å². The second-order valence-electron chi connectivity index (χ2n) is 9.61. The van der Waals surface area contributed by atoms with Gasteiger partial charge in [0.05, 0.1) is 7.11 Å². The van der Waals surface area contributed by atoms with Crippen molar-refractivity contribution in [3.8, 4) is 11.1 Å². The fraction of sp³-hybridized carbons (Fsp3) is 0.194. The van der Waals surface area contributed by atoms with Gasteiger partial charge in [-0.25, -0.2) is 4.79 Å². The van der Waals surface area contributed by atoms with Gasteiger partial charge in [-0.05, 0) is 63.7 Å². The number of nitrogens with one attached hydrogen (secondary N) is 1. The molecule has 6 heteroatoms. The highest BCUT2D eigenvalue weighted by molar-refractivity contribution is 6.06. The van der Waals surface area contributed by atoms with E-state index in [1.807, 2.05) is 98.8 Å². The highest BCUT2D eigenvalue weighted by atomic mass is 16.5. The average Bonchev–Trinajstić information content (AvgIpc) is 3.23. The van der Waals surface area contributed by atoms with Crippen LogP contribution in [-0.4, -0.2) is 35.8 Å². The quantitative estimate of drug-likeness (QED) is 0.340. The van der Waals surface area contributed by atoms with Crippen molar-refractivity contribution in [2.45, 2.75) is 26.4 Å². The Balaban J connectivity index is 1.32. The largest absolute Gasteiger partial charge is 0.467 e. The van der Waals surface area contributed by atoms with E-state index in [-0.39, 0.29) is 17.7 Å². The Labute approximate surface area is 215 Å². The smallest absolute Gasteiger partial charge is 0.328 e. The van der Waals surface area contributed by atoms with Crippen LogP contribution in [0.2, 0.25) is 0 Å². The summed E-state index contributed by atoms with van der Waals surface area (Å²) >= 11 is 0. The third kappa shape index (κ3) is 4.70. The van der Waals surface area contributed by atoms with Crippen molar-refractivity contribution < 1.29 is 19.1 Å². The van der Waals surface area contributed by atoms with Crippen molar-refractivity contribution in [3.63, 3.8) is 0 Å². The summed E-state index contributed by atoms with van der Waals surface area (Å²) in [5.41, 5.74) is 4.58. The minimum atomic E-state index is -0.626. The molecule has 1 aliphatic rings. The van der Waals surface area contributed by atoms with Gasteiger partial charge in [-0.3, -0.25) is 9.59 Å². The SMILES string of the molecule is COC(=O)C(C(C)C)N1Cc2ccc(-c3ccc(NC(=O)c4ccc5ccccc5c4)cc3)cc2C1=O. The molecule has 2 amide bonds. The minimum Gasteiger partial charge on any atom is -0.467 e. The van der Waals surface area contributed by atoms with Gasteiger partial charge in [0.25, 0.3) is 11.8 Å². The highest BCUT2D eigenvalue weighted by Gasteiger charge is 2.38. The lowest BCUT2D eigenvalue weighted by Gasteiger charge is -2.28. The molecule has 1 heterocycles. The van der Waals surface area contributed by atoms with Gasteiger partial charge in [-0.15, -0.1) is 0 Å². The van der Waals surface area contributed by atoms with Crippen LogP contribution >= 0.6 is 0 Å². The molecule has 1 atom stereocenters. The fourth-order valence-electron chi connectivity index (χ4n) is 4.89. The van der Waals surface area contributed by atoms with Crippen LogP contribution in [0.5, 0.6) is 0 Å². The Morgan fingerprint density at radius 3 is 2.27 bits per heavy atom. The number of carbonyl (C=O) groups excluding carboxylic acids is 3. The number of hydrogen-bond donors (Lipinski definition) is 1. The molecular weight excluding hydrogens is 464 g/mol. The molecule has 0 radical (unpaired) electrons. The van der Waals surface area contributed by atoms with E-state index >= 15 is 0 Å². The number of nitrogens with zero attached hydrogens (tertiary/aromatic N) is 1. The molecule has 0 fully saturated rings. The van der Waals surface area contributed by atoms with Gasteiger partial charge in [0.2, 0.25) is 0 Å². The van der Waals surface area contributed by atoms with Crippen molar-refractivity contribution in [1.29, 1.82) is 0 Å². The van der Waals surface area contributed by atoms with Crippen molar-refractivity contribution in [1.82, 2.24) is 4.90 Å². The zero-order chi connectivity index (χ0) is 26.1. The minimum absolute atomic E-state index is 0.0671. The third-order valence-electron chi connectivity index (χ3n) is 6.84. The first-order chi connectivity index (χ1) is 17.9. The molecule has 1 unspecified atom stereocenters. The van der Waals surface area contributed by atoms with Gasteiger partial charge in [0.15, 0.2) is 0 Å². The summed E-state index contributed by atoms with van der Waals surface area (Å²) in [5, 5.41) is 5.05. The number of esters is 1. The van der Waals surface area contributed by atoms with E-state index in [9.17, 15) is 14.4 Å². The summed E-state index contributed by atoms with van der Waals surface area (Å²) in [6.07, 6.45) is 0. The van der Waals surface area contributed by atoms with Crippen LogP contribution < -0.4 is 5.32 Å². The number of amides is 2. The van der Waals surface area contributed by atoms with Gasteiger partial charge in [-0.1, -0.05) is 68.4 Å². The molecule has 5 rings (SSSR count). The lowest BCUT2D eigenvalue weighted by molar-refractivity contribution is -0.147. The topological polar surface area (TPSA) is 75.7 Å². The Morgan fingerprint density at radius 1 is 0.865 bits per heavy atom. The van der Waals surface area contributed by atoms with Crippen molar-refractivity contribution in [2.24, 2.45) is 5.92 Å². The molecule has 186 valence electrons. The van der Waals surface area contributed by atoms with E-state index in [0.717, 1.165) is 27.5 Å². The number of carbonyl (C=O) groups is 3. The Morgan fingerprint density at radius 2 is 1.57 bits per heavy atom. The van der Waals surface area contributed by atoms with E-state index in [0.29, 0.717) is 23.4 Å². The van der Waals surface area contributed by atoms with Crippen LogP contribution in [-0.2, 0) is 16.1 Å². The number of methoxy groups -OCH3 is 1. The van der Waals surface area contributed by atoms with Gasteiger partial charge in [0.1, 0.15) is 6.04 Å². The van der Waals surface area contributed by atoms with Crippen LogP contribution in [0.25, 0.3) is 21.9 Å². The normalized spacial score (nSPS) is 13.5. The second kappa shape index (κ2) is 9.90. The molecular formula is C31H28N2O4. The maximum atomic E-state index is 13.2. The number of ether oxygens (including phenoxy) is 1. The van der Waals surface area contributed by atoms with Gasteiger partial charge < -0.3 is 15.0 Å². The summed E-state index contributed by atoms with van der Waals surface area (Å²) in [6, 6.07) is 26.3. The Bertz CT molecular complexity index is 1510. The van der Waals surface area contributed by atoms with Crippen LogP contribution in [0.1, 0.15) is 40.1 Å². The maximum absolute atomic E-state index is 13.2. The van der Waals surface area contributed by atoms with Crippen LogP contribution in [0, 0.1) is 5.92 Å². The molecule has 4 aromatic carbocycles. The first kappa shape index (κ1) is 24.3. The number of rotatable bonds is 6. The Hall–Kier alpha value is -4.45. The van der Waals surface area contributed by atoms with Gasteiger partial charge >= 0.3 is 5.97 Å². The number of benzene rings is 4. The van der Waals surface area contributed by atoms with E-state index in [2.05, 4.69) is 5.32 Å². The van der Waals surface area contributed by atoms with Gasteiger partial charge in [-0.2, -0.15) is 0 Å². The highest BCUT2D eigenvalue weighted by Crippen LogP contribution is 2.32. The molecule has 0 saturated heterocycles. The molecule has 0 aromatic heterocycles. The van der Waals surface area contributed by atoms with Crippen molar-refractivity contribution >= 4 is 34.2 Å². The average molecular weight is 493 g/mol. The molecule has 1 N–H and O–H groups in total. The van der Waals surface area contributed by atoms with E-state index in [1.165, 1.54) is 7.11 Å². The monoisotopic (exact) mass is 492 g/mol. The van der Waals surface area contributed by atoms with Crippen LogP contribution in [0.3, 0.4) is 0 Å². The number of fused-ring (bicyclic) bond motifs is 2. The van der Waals surface area contributed by atoms with E-state index in [4.69, 9.17) is 4.74 Å². The molecule has 1 aliphatic heterocycles. The molecule has 6 nitrogen and oxygen atoms in total. The lowest BCUT2D eigenvalue weighted by Crippen LogP contribution is -2.45. The van der Waals surface area contributed by atoms with Crippen LogP contribution in [0.15, 0.2) is 84.9 Å². The van der Waals surface area contributed by atoms with Crippen molar-refractivity contribution in [2.75, 3.05) is 12.4 Å². The first-order valence-electron chi connectivity index (χ1n) is 12.3. The molecule has 4 aromatic rings. The third-order valence-corrected chi connectivity index (χ3v) is 6.84. The molecule has 0 saturated carbocycles. The summed E-state index contributed by atoms with van der Waals surface area (Å²) < 4.78 is 4.95. The van der Waals surface area contributed by atoms with E-state index < -0.39 is 12.0 Å². The van der Waals surface area contributed by atoms with Crippen molar-refractivity contribution in [3.05, 3.63) is 102 Å². The molecule has 0 aliphatic carbocycles. The second-order valence-corrected chi connectivity index (χ2v) is 9.61. The summed E-state index contributed by atoms with van der Waals surface area (Å²) in [5.74, 6) is -0.812. The predicted molar refractivity (Wildman–Crippen MR) is 144 cm³/mol. The Kier molecular flexibility index (Phi) is 6.49. The van der Waals surface area contributed by atoms with Crippen LogP contribution in [0.4, 0.5) is 5.69 Å². The fourth-order valence-corrected chi connectivity index (χ4v) is 4.89. The lowest BCUT2D eigenvalue weighted by atomic mass is 10.00. The summed E-state index contributed by atoms with van der Waals surface area (Å²) in [7, 11) is 1.34. The summed E-state index contributed by atoms with van der Waals surface area (Å²) in [4.78, 5) is 39.9. The predicted octanol–water partition coefficient (Wildman–Crippen LogP) is 5.91. The number of anilines is 1. The maximum Gasteiger partial charge on any atom is 0.328 e.